The molecular formula is C29H26IN3O4. The summed E-state index contributed by atoms with van der Waals surface area (Å²) in [6, 6.07) is 19.8. The number of rotatable bonds is 7. The topological polar surface area (TPSA) is 93.8 Å². The molecular weight excluding hydrogens is 581 g/mol. The summed E-state index contributed by atoms with van der Waals surface area (Å²) in [4.78, 5) is 29.3. The largest absolute Gasteiger partial charge is 0.488 e. The van der Waals surface area contributed by atoms with Crippen molar-refractivity contribution in [2.24, 2.45) is 5.10 Å². The molecule has 3 aromatic carbocycles. The van der Waals surface area contributed by atoms with E-state index in [0.717, 1.165) is 46.2 Å². The molecule has 1 fully saturated rings. The first kappa shape index (κ1) is 25.1. The molecule has 0 amide bonds. The highest BCUT2D eigenvalue weighted by molar-refractivity contribution is 14.1. The molecule has 0 radical (unpaired) electrons. The Balaban J connectivity index is 1.38. The van der Waals surface area contributed by atoms with E-state index < -0.39 is 5.97 Å². The first-order chi connectivity index (χ1) is 18.0. The maximum absolute atomic E-state index is 13.4. The molecule has 8 heteroatoms. The maximum Gasteiger partial charge on any atom is 0.335 e. The summed E-state index contributed by atoms with van der Waals surface area (Å²) in [5, 5.41) is 14.2. The number of hydrogen-bond donors (Lipinski definition) is 1. The summed E-state index contributed by atoms with van der Waals surface area (Å²) < 4.78 is 8.33. The van der Waals surface area contributed by atoms with Crippen LogP contribution >= 0.6 is 22.6 Å². The minimum Gasteiger partial charge on any atom is -0.488 e. The molecule has 1 heterocycles. The molecule has 0 atom stereocenters. The van der Waals surface area contributed by atoms with Gasteiger partial charge in [0, 0.05) is 5.92 Å². The van der Waals surface area contributed by atoms with Crippen molar-refractivity contribution in [2.45, 2.75) is 44.6 Å². The predicted octanol–water partition coefficient (Wildman–Crippen LogP) is 6.21. The van der Waals surface area contributed by atoms with Gasteiger partial charge in [-0.05, 0) is 89.0 Å². The fourth-order valence-electron chi connectivity index (χ4n) is 4.62. The van der Waals surface area contributed by atoms with E-state index in [1.165, 1.54) is 11.1 Å². The third-order valence-electron chi connectivity index (χ3n) is 6.62. The highest BCUT2D eigenvalue weighted by Gasteiger charge is 2.22. The van der Waals surface area contributed by atoms with Gasteiger partial charge in [0.15, 0.2) is 0 Å². The smallest absolute Gasteiger partial charge is 0.335 e. The Morgan fingerprint density at radius 2 is 1.84 bits per heavy atom. The lowest BCUT2D eigenvalue weighted by Crippen LogP contribution is -2.25. The Hall–Kier alpha value is -3.53. The Morgan fingerprint density at radius 3 is 2.57 bits per heavy atom. The molecule has 5 rings (SSSR count). The van der Waals surface area contributed by atoms with Gasteiger partial charge in [0.2, 0.25) is 0 Å². The highest BCUT2D eigenvalue weighted by atomic mass is 127. The zero-order chi connectivity index (χ0) is 25.8. The van der Waals surface area contributed by atoms with Crippen LogP contribution in [0.2, 0.25) is 0 Å². The van der Waals surface area contributed by atoms with Crippen molar-refractivity contribution in [1.82, 2.24) is 9.66 Å². The lowest BCUT2D eigenvalue weighted by atomic mass is 9.88. The van der Waals surface area contributed by atoms with Gasteiger partial charge in [0.25, 0.3) is 5.56 Å². The molecule has 37 heavy (non-hydrogen) atoms. The number of carboxylic acids is 1. The summed E-state index contributed by atoms with van der Waals surface area (Å²) in [5.74, 6) is 0.728. The van der Waals surface area contributed by atoms with Crippen LogP contribution in [0.25, 0.3) is 10.9 Å². The van der Waals surface area contributed by atoms with Crippen LogP contribution in [0.15, 0.2) is 76.6 Å². The second-order valence-electron chi connectivity index (χ2n) is 9.16. The van der Waals surface area contributed by atoms with Gasteiger partial charge in [-0.15, -0.1) is 0 Å². The lowest BCUT2D eigenvalue weighted by molar-refractivity contribution is 0.0697. The van der Waals surface area contributed by atoms with Crippen LogP contribution in [0, 0.1) is 3.57 Å². The van der Waals surface area contributed by atoms with E-state index in [2.05, 4.69) is 27.7 Å². The zero-order valence-corrected chi connectivity index (χ0v) is 22.3. The molecule has 7 nitrogen and oxygen atoms in total. The minimum atomic E-state index is -0.952. The third-order valence-corrected chi connectivity index (χ3v) is 7.47. The van der Waals surface area contributed by atoms with Gasteiger partial charge in [-0.2, -0.15) is 9.78 Å². The molecule has 1 saturated carbocycles. The van der Waals surface area contributed by atoms with Gasteiger partial charge >= 0.3 is 5.97 Å². The maximum atomic E-state index is 13.4. The van der Waals surface area contributed by atoms with Crippen LogP contribution in [-0.4, -0.2) is 27.0 Å². The quantitative estimate of drug-likeness (QED) is 0.199. The van der Waals surface area contributed by atoms with E-state index >= 15 is 0 Å². The van der Waals surface area contributed by atoms with Crippen LogP contribution in [0.1, 0.15) is 65.3 Å². The van der Waals surface area contributed by atoms with Crippen molar-refractivity contribution < 1.29 is 14.6 Å². The molecule has 0 spiro atoms. The summed E-state index contributed by atoms with van der Waals surface area (Å²) in [7, 11) is 0. The Kier molecular flexibility index (Phi) is 7.64. The van der Waals surface area contributed by atoms with E-state index in [-0.39, 0.29) is 17.0 Å². The van der Waals surface area contributed by atoms with E-state index in [9.17, 15) is 9.59 Å². The van der Waals surface area contributed by atoms with Gasteiger partial charge in [-0.1, -0.05) is 43.5 Å². The second-order valence-corrected chi connectivity index (χ2v) is 10.3. The Labute approximate surface area is 228 Å². The molecule has 1 aliphatic rings. The normalized spacial score (nSPS) is 14.3. The van der Waals surface area contributed by atoms with Gasteiger partial charge in [0.1, 0.15) is 18.2 Å². The van der Waals surface area contributed by atoms with Crippen LogP contribution < -0.4 is 10.3 Å². The van der Waals surface area contributed by atoms with Crippen molar-refractivity contribution in [1.29, 1.82) is 0 Å². The minimum absolute atomic E-state index is 0.147. The number of carbonyl (C=O) groups is 1. The lowest BCUT2D eigenvalue weighted by Gasteiger charge is -2.22. The average Bonchev–Trinajstić information content (AvgIpc) is 2.92. The Morgan fingerprint density at radius 1 is 1.08 bits per heavy atom. The van der Waals surface area contributed by atoms with Gasteiger partial charge in [-0.25, -0.2) is 9.78 Å². The first-order valence-corrected chi connectivity index (χ1v) is 13.4. The molecule has 0 aliphatic heterocycles. The molecule has 1 aliphatic carbocycles. The fraction of sp³-hybridized carbons (Fsp3) is 0.241. The van der Waals surface area contributed by atoms with Gasteiger partial charge in [-0.3, -0.25) is 4.79 Å². The number of benzene rings is 3. The van der Waals surface area contributed by atoms with E-state index in [1.807, 2.05) is 36.4 Å². The molecule has 4 aromatic rings. The molecule has 0 bridgehead atoms. The third kappa shape index (κ3) is 5.74. The number of halogens is 1. The van der Waals surface area contributed by atoms with Crippen molar-refractivity contribution in [3.05, 3.63) is 103 Å². The number of para-hydroxylation sites is 1. The molecule has 1 N–H and O–H groups in total. The zero-order valence-electron chi connectivity index (χ0n) is 20.1. The molecule has 0 saturated heterocycles. The Bertz CT molecular complexity index is 1520. The number of hydrogen-bond acceptors (Lipinski definition) is 5. The second kappa shape index (κ2) is 11.2. The summed E-state index contributed by atoms with van der Waals surface area (Å²) in [5.41, 5.74) is 2.54. The van der Waals surface area contributed by atoms with E-state index in [4.69, 9.17) is 14.8 Å². The van der Waals surface area contributed by atoms with Gasteiger partial charge < -0.3 is 9.84 Å². The molecule has 1 aromatic heterocycles. The molecule has 0 unspecified atom stereocenters. The van der Waals surface area contributed by atoms with Crippen LogP contribution in [0.3, 0.4) is 0 Å². The predicted molar refractivity (Wildman–Crippen MR) is 152 cm³/mol. The van der Waals surface area contributed by atoms with Crippen LogP contribution in [-0.2, 0) is 6.61 Å². The van der Waals surface area contributed by atoms with Crippen molar-refractivity contribution in [3.63, 3.8) is 0 Å². The monoisotopic (exact) mass is 607 g/mol. The fourth-order valence-corrected chi connectivity index (χ4v) is 5.32. The van der Waals surface area contributed by atoms with Crippen molar-refractivity contribution in [2.75, 3.05) is 0 Å². The van der Waals surface area contributed by atoms with Crippen molar-refractivity contribution >= 4 is 45.7 Å². The van der Waals surface area contributed by atoms with Crippen LogP contribution in [0.5, 0.6) is 5.75 Å². The molecule has 188 valence electrons. The summed E-state index contributed by atoms with van der Waals surface area (Å²) in [6.07, 6.45) is 7.23. The SMILES string of the molecule is O=C(O)c1ccc(COc2ccc(C=Nn3c(C4CCCCC4)nc4ccccc4c3=O)cc2I)cc1. The number of fused-ring (bicyclic) bond motifs is 1. The average molecular weight is 607 g/mol. The standard InChI is InChI=1S/C29H26IN3O4/c30-24-16-20(12-15-26(24)37-18-19-10-13-22(14-11-19)29(35)36)17-31-33-27(21-6-2-1-3-7-21)32-25-9-5-4-8-23(25)28(33)34/h4-5,8-17,21H,1-3,6-7,18H2,(H,35,36). The van der Waals surface area contributed by atoms with E-state index in [1.54, 1.807) is 36.5 Å². The van der Waals surface area contributed by atoms with Crippen molar-refractivity contribution in [3.8, 4) is 5.75 Å². The number of nitrogens with zero attached hydrogens (tertiary/aromatic N) is 3. The summed E-state index contributed by atoms with van der Waals surface area (Å²) in [6.45, 7) is 0.326. The van der Waals surface area contributed by atoms with E-state index in [0.29, 0.717) is 23.3 Å². The van der Waals surface area contributed by atoms with Gasteiger partial charge in [0.05, 0.1) is 26.3 Å². The highest BCUT2D eigenvalue weighted by Crippen LogP contribution is 2.32. The summed E-state index contributed by atoms with van der Waals surface area (Å²) >= 11 is 2.21. The first-order valence-electron chi connectivity index (χ1n) is 12.3. The van der Waals surface area contributed by atoms with Crippen LogP contribution in [0.4, 0.5) is 0 Å². The number of ether oxygens (including phenoxy) is 1. The number of carboxylic acid groups (broad SMARTS) is 1. The number of aromatic carboxylic acids is 1. The number of aromatic nitrogens is 2.